The second kappa shape index (κ2) is 8.01. The molecule has 0 spiro atoms. The van der Waals surface area contributed by atoms with Crippen LogP contribution in [0.2, 0.25) is 5.02 Å². The lowest BCUT2D eigenvalue weighted by molar-refractivity contribution is 0.0949. The third-order valence-corrected chi connectivity index (χ3v) is 5.06. The topological polar surface area (TPSA) is 75.3 Å². The van der Waals surface area contributed by atoms with Gasteiger partial charge in [-0.25, -0.2) is 17.2 Å². The van der Waals surface area contributed by atoms with E-state index in [2.05, 4.69) is 10.0 Å². The molecule has 2 rings (SSSR count). The lowest BCUT2D eigenvalue weighted by Gasteiger charge is -2.12. The molecule has 0 fully saturated rings. The highest BCUT2D eigenvalue weighted by molar-refractivity contribution is 7.92. The first kappa shape index (κ1) is 20.1. The molecule has 0 aliphatic heterocycles. The average molecular weight is 403 g/mol. The Hall–Kier alpha value is -2.19. The van der Waals surface area contributed by atoms with Crippen molar-refractivity contribution in [2.75, 3.05) is 11.3 Å². The van der Waals surface area contributed by atoms with Gasteiger partial charge in [0.1, 0.15) is 16.5 Å². The van der Waals surface area contributed by atoms with E-state index >= 15 is 0 Å². The van der Waals surface area contributed by atoms with E-state index in [0.29, 0.717) is 12.6 Å². The summed E-state index contributed by atoms with van der Waals surface area (Å²) in [5.41, 5.74) is 0.0971. The molecule has 0 unspecified atom stereocenters. The fourth-order valence-electron chi connectivity index (χ4n) is 2.04. The lowest BCUT2D eigenvalue weighted by Crippen LogP contribution is -2.27. The maximum atomic E-state index is 13.8. The normalized spacial score (nSPS) is 11.5. The number of rotatable bonds is 6. The van der Waals surface area contributed by atoms with E-state index in [4.69, 9.17) is 11.6 Å². The molecule has 0 bridgehead atoms. The van der Waals surface area contributed by atoms with Crippen molar-refractivity contribution in [3.05, 3.63) is 58.6 Å². The van der Waals surface area contributed by atoms with Gasteiger partial charge in [-0.15, -0.1) is 0 Å². The molecule has 0 aromatic heterocycles. The van der Waals surface area contributed by atoms with Crippen LogP contribution < -0.4 is 10.0 Å². The van der Waals surface area contributed by atoms with Gasteiger partial charge in [-0.05, 0) is 36.2 Å². The zero-order valence-corrected chi connectivity index (χ0v) is 15.6. The van der Waals surface area contributed by atoms with Crippen molar-refractivity contribution in [3.63, 3.8) is 0 Å². The van der Waals surface area contributed by atoms with Gasteiger partial charge < -0.3 is 5.32 Å². The first-order chi connectivity index (χ1) is 12.1. The second-order valence-corrected chi connectivity index (χ2v) is 8.04. The van der Waals surface area contributed by atoms with Gasteiger partial charge in [0, 0.05) is 18.2 Å². The predicted octanol–water partition coefficient (Wildman–Crippen LogP) is 3.80. The molecule has 0 heterocycles. The summed E-state index contributed by atoms with van der Waals surface area (Å²) in [5.74, 6) is -2.29. The van der Waals surface area contributed by atoms with Gasteiger partial charge in [0.15, 0.2) is 0 Å². The molecule has 2 aromatic carbocycles. The van der Waals surface area contributed by atoms with Crippen molar-refractivity contribution in [2.45, 2.75) is 18.7 Å². The summed E-state index contributed by atoms with van der Waals surface area (Å²) in [6, 6.07) is 6.14. The van der Waals surface area contributed by atoms with E-state index in [1.54, 1.807) is 0 Å². The van der Waals surface area contributed by atoms with E-state index < -0.39 is 32.5 Å². The maximum Gasteiger partial charge on any atom is 0.264 e. The van der Waals surface area contributed by atoms with Crippen LogP contribution >= 0.6 is 11.6 Å². The predicted molar refractivity (Wildman–Crippen MR) is 95.8 cm³/mol. The Balaban J connectivity index is 2.30. The fourth-order valence-corrected chi connectivity index (χ4v) is 3.39. The number of nitrogens with one attached hydrogen (secondary N) is 2. The third-order valence-electron chi connectivity index (χ3n) is 3.33. The van der Waals surface area contributed by atoms with Crippen molar-refractivity contribution >= 4 is 33.2 Å². The molecular weight excluding hydrogens is 386 g/mol. The van der Waals surface area contributed by atoms with Crippen LogP contribution in [-0.2, 0) is 10.0 Å². The van der Waals surface area contributed by atoms with E-state index in [-0.39, 0.29) is 22.2 Å². The summed E-state index contributed by atoms with van der Waals surface area (Å²) >= 11 is 5.97. The number of anilines is 1. The highest BCUT2D eigenvalue weighted by Gasteiger charge is 2.21. The van der Waals surface area contributed by atoms with E-state index in [1.807, 2.05) is 13.8 Å². The molecule has 5 nitrogen and oxygen atoms in total. The average Bonchev–Trinajstić information content (AvgIpc) is 2.54. The van der Waals surface area contributed by atoms with Crippen molar-refractivity contribution in [1.29, 1.82) is 0 Å². The Morgan fingerprint density at radius 3 is 2.46 bits per heavy atom. The number of hydrogen-bond donors (Lipinski definition) is 2. The van der Waals surface area contributed by atoms with Crippen LogP contribution in [-0.4, -0.2) is 20.9 Å². The van der Waals surface area contributed by atoms with Crippen molar-refractivity contribution < 1.29 is 22.0 Å². The van der Waals surface area contributed by atoms with Gasteiger partial charge in [0.05, 0.1) is 10.7 Å². The van der Waals surface area contributed by atoms with Gasteiger partial charge in [0.2, 0.25) is 0 Å². The zero-order chi connectivity index (χ0) is 19.5. The number of sulfonamides is 1. The maximum absolute atomic E-state index is 13.8. The smallest absolute Gasteiger partial charge is 0.264 e. The van der Waals surface area contributed by atoms with Gasteiger partial charge in [0.25, 0.3) is 15.9 Å². The standard InChI is InChI=1S/C17H17ClF2N2O3S/c1-10(2)9-21-17(23)11-3-5-13(18)15(7-11)22-26(24,25)16-6-4-12(19)8-14(16)20/h3-8,10,22H,9H2,1-2H3,(H,21,23). The summed E-state index contributed by atoms with van der Waals surface area (Å²) in [6.45, 7) is 4.31. The highest BCUT2D eigenvalue weighted by Crippen LogP contribution is 2.27. The minimum absolute atomic E-state index is 0.0245. The molecule has 26 heavy (non-hydrogen) atoms. The van der Waals surface area contributed by atoms with Crippen LogP contribution in [0, 0.1) is 17.6 Å². The second-order valence-electron chi connectivity index (χ2n) is 5.98. The van der Waals surface area contributed by atoms with Gasteiger partial charge >= 0.3 is 0 Å². The van der Waals surface area contributed by atoms with Crippen LogP contribution in [0.4, 0.5) is 14.5 Å². The van der Waals surface area contributed by atoms with Crippen LogP contribution in [0.3, 0.4) is 0 Å². The Kier molecular flexibility index (Phi) is 6.20. The molecule has 0 saturated heterocycles. The Bertz CT molecular complexity index is 934. The number of amides is 1. The molecule has 2 N–H and O–H groups in total. The fraction of sp³-hybridized carbons (Fsp3) is 0.235. The largest absolute Gasteiger partial charge is 0.352 e. The number of hydrogen-bond acceptors (Lipinski definition) is 3. The summed E-state index contributed by atoms with van der Waals surface area (Å²) in [4.78, 5) is 11.4. The number of carbonyl (C=O) groups excluding carboxylic acids is 1. The van der Waals surface area contributed by atoms with Crippen LogP contribution in [0.5, 0.6) is 0 Å². The highest BCUT2D eigenvalue weighted by atomic mass is 35.5. The van der Waals surface area contributed by atoms with Crippen molar-refractivity contribution in [2.24, 2.45) is 5.92 Å². The first-order valence-corrected chi connectivity index (χ1v) is 9.52. The van der Waals surface area contributed by atoms with Gasteiger partial charge in [-0.3, -0.25) is 9.52 Å². The number of benzene rings is 2. The SMILES string of the molecule is CC(C)CNC(=O)c1ccc(Cl)c(NS(=O)(=O)c2ccc(F)cc2F)c1. The quantitative estimate of drug-likeness (QED) is 0.771. The van der Waals surface area contributed by atoms with Gasteiger partial charge in [-0.1, -0.05) is 25.4 Å². The van der Waals surface area contributed by atoms with E-state index in [0.717, 1.165) is 12.1 Å². The third kappa shape index (κ3) is 4.92. The monoisotopic (exact) mass is 402 g/mol. The van der Waals surface area contributed by atoms with Crippen molar-refractivity contribution in [1.82, 2.24) is 5.32 Å². The minimum Gasteiger partial charge on any atom is -0.352 e. The molecule has 0 atom stereocenters. The van der Waals surface area contributed by atoms with Crippen LogP contribution in [0.25, 0.3) is 0 Å². The molecular formula is C17H17ClF2N2O3S. The number of carbonyl (C=O) groups is 1. The van der Waals surface area contributed by atoms with Crippen LogP contribution in [0.15, 0.2) is 41.3 Å². The molecule has 2 aromatic rings. The minimum atomic E-state index is -4.36. The summed E-state index contributed by atoms with van der Waals surface area (Å²) in [7, 11) is -4.36. The summed E-state index contributed by atoms with van der Waals surface area (Å²) in [5, 5.41) is 2.72. The molecule has 140 valence electrons. The molecule has 1 amide bonds. The molecule has 0 saturated carbocycles. The summed E-state index contributed by atoms with van der Waals surface area (Å²) in [6.07, 6.45) is 0. The lowest BCUT2D eigenvalue weighted by atomic mass is 10.1. The van der Waals surface area contributed by atoms with Gasteiger partial charge in [-0.2, -0.15) is 0 Å². The molecule has 0 aliphatic rings. The summed E-state index contributed by atoms with van der Waals surface area (Å²) < 4.78 is 53.6. The Labute approximate surface area is 155 Å². The first-order valence-electron chi connectivity index (χ1n) is 7.66. The molecule has 0 radical (unpaired) electrons. The van der Waals surface area contributed by atoms with E-state index in [9.17, 15) is 22.0 Å². The van der Waals surface area contributed by atoms with Crippen LogP contribution in [0.1, 0.15) is 24.2 Å². The molecule has 9 heteroatoms. The zero-order valence-electron chi connectivity index (χ0n) is 14.0. The van der Waals surface area contributed by atoms with E-state index in [1.165, 1.54) is 18.2 Å². The molecule has 0 aliphatic carbocycles. The Morgan fingerprint density at radius 1 is 1.15 bits per heavy atom. The van der Waals surface area contributed by atoms with Crippen molar-refractivity contribution in [3.8, 4) is 0 Å². The number of halogens is 3. The Morgan fingerprint density at radius 2 is 1.85 bits per heavy atom.